The molecule has 2 N–H and O–H groups in total. The largest absolute Gasteiger partial charge is 0.389 e. The maximum Gasteiger partial charge on any atom is 0.287 e. The van der Waals surface area contributed by atoms with Crippen LogP contribution < -0.4 is 4.90 Å². The van der Waals surface area contributed by atoms with Crippen molar-refractivity contribution in [3.63, 3.8) is 0 Å². The van der Waals surface area contributed by atoms with Gasteiger partial charge in [0.05, 0.1) is 12.6 Å². The molecule has 1 aliphatic heterocycles. The number of aromatic nitrogens is 4. The number of nitrogens with zero attached hydrogens (tertiary/aromatic N) is 5. The van der Waals surface area contributed by atoms with Crippen LogP contribution in [0, 0.1) is 17.0 Å². The van der Waals surface area contributed by atoms with Crippen molar-refractivity contribution >= 4 is 5.69 Å². The molecular weight excluding hydrogens is 466 g/mol. The third kappa shape index (κ3) is 3.07. The normalized spacial score (nSPS) is 27.5. The lowest BCUT2D eigenvalue weighted by Gasteiger charge is -2.74. The third-order valence-electron chi connectivity index (χ3n) is 8.08. The fourth-order valence-electron chi connectivity index (χ4n) is 6.22. The molecular formula is C24H23F4N5O2. The lowest BCUT2D eigenvalue weighted by Crippen LogP contribution is -2.76. The maximum absolute atomic E-state index is 16.2. The monoisotopic (exact) mass is 489 g/mol. The molecule has 3 aliphatic carbocycles. The fraction of sp³-hybridized carbons (Fsp3) is 0.458. The van der Waals surface area contributed by atoms with Crippen molar-refractivity contribution in [3.05, 3.63) is 71.6 Å². The van der Waals surface area contributed by atoms with Gasteiger partial charge in [0, 0.05) is 35.8 Å². The Kier molecular flexibility index (Phi) is 4.63. The number of alkyl halides is 2. The van der Waals surface area contributed by atoms with Crippen LogP contribution in [0.15, 0.2) is 48.8 Å². The topological polar surface area (TPSA) is 87.3 Å². The Labute approximate surface area is 198 Å². The molecule has 2 aromatic carbocycles. The predicted octanol–water partition coefficient (Wildman–Crippen LogP) is 2.78. The molecule has 1 aromatic heterocycles. The second-order valence-electron chi connectivity index (χ2n) is 10.3. The van der Waals surface area contributed by atoms with E-state index in [1.807, 2.05) is 29.2 Å². The Morgan fingerprint density at radius 2 is 1.71 bits per heavy atom. The standard InChI is InChI=1S/C24H23F4N5O2/c25-16-3-6-19(20(26)7-16)23(35,13-33-14-29-30-31-33)24(27,28)22-10-21(11-22,12-22)15-1-4-17(5-2-15)32-8-18(34)9-32/h1-7,14,18,34-35H,8-13H2. The van der Waals surface area contributed by atoms with Crippen LogP contribution in [0.5, 0.6) is 0 Å². The van der Waals surface area contributed by atoms with Gasteiger partial charge in [0.2, 0.25) is 0 Å². The summed E-state index contributed by atoms with van der Waals surface area (Å²) in [6, 6.07) is 9.89. The molecule has 7 rings (SSSR count). The fourth-order valence-corrected chi connectivity index (χ4v) is 6.22. The minimum Gasteiger partial charge on any atom is -0.389 e. The summed E-state index contributed by atoms with van der Waals surface area (Å²) in [5, 5.41) is 31.3. The van der Waals surface area contributed by atoms with Crippen molar-refractivity contribution < 1.29 is 27.8 Å². The van der Waals surface area contributed by atoms with Crippen molar-refractivity contribution in [2.75, 3.05) is 18.0 Å². The summed E-state index contributed by atoms with van der Waals surface area (Å²) in [5.41, 5.74) is -3.73. The van der Waals surface area contributed by atoms with Crippen molar-refractivity contribution in [1.82, 2.24) is 20.2 Å². The highest BCUT2D eigenvalue weighted by molar-refractivity contribution is 5.53. The van der Waals surface area contributed by atoms with Gasteiger partial charge in [-0.15, -0.1) is 5.10 Å². The van der Waals surface area contributed by atoms with Gasteiger partial charge in [-0.25, -0.2) is 22.2 Å². The summed E-state index contributed by atoms with van der Waals surface area (Å²) in [7, 11) is 0. The lowest BCUT2D eigenvalue weighted by atomic mass is 9.30. The number of β-amino-alcohol motifs (C(OH)–C–C–N with tert-alkyl or cyclic N) is 1. The van der Waals surface area contributed by atoms with Crippen molar-refractivity contribution in [2.24, 2.45) is 5.41 Å². The van der Waals surface area contributed by atoms with E-state index in [0.29, 0.717) is 19.2 Å². The predicted molar refractivity (Wildman–Crippen MR) is 116 cm³/mol. The van der Waals surface area contributed by atoms with Gasteiger partial charge in [-0.05, 0) is 64.9 Å². The van der Waals surface area contributed by atoms with E-state index >= 15 is 8.78 Å². The van der Waals surface area contributed by atoms with Gasteiger partial charge >= 0.3 is 0 Å². The first-order valence-corrected chi connectivity index (χ1v) is 11.4. The number of rotatable bonds is 7. The zero-order valence-electron chi connectivity index (χ0n) is 18.6. The second-order valence-corrected chi connectivity index (χ2v) is 10.3. The highest BCUT2D eigenvalue weighted by atomic mass is 19.3. The van der Waals surface area contributed by atoms with Crippen molar-refractivity contribution in [3.8, 4) is 0 Å². The van der Waals surface area contributed by atoms with Crippen molar-refractivity contribution in [1.29, 1.82) is 0 Å². The molecule has 0 radical (unpaired) electrons. The molecule has 0 spiro atoms. The van der Waals surface area contributed by atoms with Gasteiger partial charge in [-0.3, -0.25) is 0 Å². The zero-order chi connectivity index (χ0) is 24.6. The summed E-state index contributed by atoms with van der Waals surface area (Å²) in [6.07, 6.45) is 1.14. The quantitative estimate of drug-likeness (QED) is 0.497. The molecule has 1 saturated heterocycles. The Morgan fingerprint density at radius 3 is 2.29 bits per heavy atom. The average Bonchev–Trinajstić information content (AvgIpc) is 3.22. The Hall–Kier alpha value is -3.05. The first kappa shape index (κ1) is 22.4. The smallest absolute Gasteiger partial charge is 0.287 e. The van der Waals surface area contributed by atoms with Crippen LogP contribution in [0.3, 0.4) is 0 Å². The average molecular weight is 489 g/mol. The van der Waals surface area contributed by atoms with E-state index in [1.165, 1.54) is 0 Å². The number of benzene rings is 2. The molecule has 184 valence electrons. The maximum atomic E-state index is 16.2. The van der Waals surface area contributed by atoms with E-state index in [1.54, 1.807) is 0 Å². The molecule has 1 unspecified atom stereocenters. The molecule has 4 fully saturated rings. The van der Waals surface area contributed by atoms with Crippen LogP contribution in [0.25, 0.3) is 0 Å². The molecule has 3 saturated carbocycles. The minimum absolute atomic E-state index is 0.134. The Balaban J connectivity index is 1.28. The van der Waals surface area contributed by atoms with E-state index in [-0.39, 0.29) is 25.4 Å². The van der Waals surface area contributed by atoms with Gasteiger partial charge < -0.3 is 15.1 Å². The minimum atomic E-state index is -3.75. The first-order valence-electron chi connectivity index (χ1n) is 11.4. The number of aliphatic hydroxyl groups excluding tert-OH is 1. The van der Waals surface area contributed by atoms with E-state index < -0.39 is 46.1 Å². The highest BCUT2D eigenvalue weighted by Crippen LogP contribution is 2.80. The number of anilines is 1. The van der Waals surface area contributed by atoms with Crippen LogP contribution in [-0.4, -0.2) is 55.5 Å². The lowest BCUT2D eigenvalue weighted by molar-refractivity contribution is -0.347. The van der Waals surface area contributed by atoms with E-state index in [9.17, 15) is 19.0 Å². The van der Waals surface area contributed by atoms with E-state index in [4.69, 9.17) is 0 Å². The molecule has 2 heterocycles. The SMILES string of the molecule is OC1CN(c2ccc(C34CC(C(F)(F)C(O)(Cn5cnnn5)c5ccc(F)cc5F)(C3)C4)cc2)C1. The van der Waals surface area contributed by atoms with Gasteiger partial charge in [0.15, 0.2) is 5.60 Å². The Morgan fingerprint density at radius 1 is 1.03 bits per heavy atom. The molecule has 11 heteroatoms. The van der Waals surface area contributed by atoms with Crippen LogP contribution in [0.4, 0.5) is 23.2 Å². The van der Waals surface area contributed by atoms with E-state index in [0.717, 1.165) is 34.4 Å². The number of aliphatic hydroxyl groups is 2. The summed E-state index contributed by atoms with van der Waals surface area (Å²) < 4.78 is 61.6. The third-order valence-corrected chi connectivity index (χ3v) is 8.08. The molecule has 35 heavy (non-hydrogen) atoms. The summed E-state index contributed by atoms with van der Waals surface area (Å²) in [6.45, 7) is 0.347. The zero-order valence-corrected chi connectivity index (χ0v) is 18.6. The molecule has 4 aliphatic rings. The van der Waals surface area contributed by atoms with Crippen LogP contribution in [-0.2, 0) is 17.6 Å². The molecule has 0 amide bonds. The number of hydrogen-bond donors (Lipinski definition) is 2. The highest BCUT2D eigenvalue weighted by Gasteiger charge is 2.82. The Bertz CT molecular complexity index is 1240. The summed E-state index contributed by atoms with van der Waals surface area (Å²) in [4.78, 5) is 2.03. The summed E-state index contributed by atoms with van der Waals surface area (Å²) in [5.74, 6) is -5.94. The summed E-state index contributed by atoms with van der Waals surface area (Å²) >= 11 is 0. The molecule has 7 nitrogen and oxygen atoms in total. The number of tetrazole rings is 1. The van der Waals surface area contributed by atoms with Gasteiger partial charge in [0.1, 0.15) is 18.0 Å². The molecule has 1 atom stereocenters. The molecule has 3 aromatic rings. The van der Waals surface area contributed by atoms with Crippen LogP contribution >= 0.6 is 0 Å². The van der Waals surface area contributed by atoms with Crippen LogP contribution in [0.1, 0.15) is 30.4 Å². The van der Waals surface area contributed by atoms with Gasteiger partial charge in [-0.2, -0.15) is 0 Å². The number of hydrogen-bond acceptors (Lipinski definition) is 6. The molecule has 2 bridgehead atoms. The van der Waals surface area contributed by atoms with Crippen LogP contribution in [0.2, 0.25) is 0 Å². The van der Waals surface area contributed by atoms with E-state index in [2.05, 4.69) is 15.5 Å². The second kappa shape index (κ2) is 7.23. The van der Waals surface area contributed by atoms with Crippen molar-refractivity contribution in [2.45, 2.75) is 48.8 Å². The number of halogens is 4. The first-order chi connectivity index (χ1) is 16.6. The van der Waals surface area contributed by atoms with Gasteiger partial charge in [0.25, 0.3) is 5.92 Å². The van der Waals surface area contributed by atoms with Gasteiger partial charge in [-0.1, -0.05) is 12.1 Å².